The topological polar surface area (TPSA) is 67.2 Å². The zero-order valence-corrected chi connectivity index (χ0v) is 15.7. The van der Waals surface area contributed by atoms with Gasteiger partial charge in [0.1, 0.15) is 5.82 Å². The minimum atomic E-state index is 0.00603. The van der Waals surface area contributed by atoms with Gasteiger partial charge in [0.05, 0.1) is 29.3 Å². The van der Waals surface area contributed by atoms with Crippen molar-refractivity contribution < 1.29 is 4.79 Å². The molecule has 0 radical (unpaired) electrons. The predicted molar refractivity (Wildman–Crippen MR) is 103 cm³/mol. The first-order valence-electron chi connectivity index (χ1n) is 8.74. The van der Waals surface area contributed by atoms with Crippen molar-refractivity contribution in [2.75, 3.05) is 31.1 Å². The van der Waals surface area contributed by atoms with Crippen LogP contribution < -0.4 is 4.90 Å². The Hall–Kier alpha value is -2.93. The molecule has 2 aromatic heterocycles. The Kier molecular flexibility index (Phi) is 4.77. The van der Waals surface area contributed by atoms with Gasteiger partial charge in [-0.25, -0.2) is 9.67 Å². The van der Waals surface area contributed by atoms with Gasteiger partial charge in [-0.2, -0.15) is 5.10 Å². The number of carbonyl (C=O) groups is 1. The molecule has 8 heteroatoms. The van der Waals surface area contributed by atoms with Crippen LogP contribution in [0.25, 0.3) is 5.69 Å². The largest absolute Gasteiger partial charge is 0.352 e. The van der Waals surface area contributed by atoms with Crippen LogP contribution >= 0.6 is 11.6 Å². The van der Waals surface area contributed by atoms with E-state index in [0.29, 0.717) is 23.7 Å². The summed E-state index contributed by atoms with van der Waals surface area (Å²) in [5, 5.41) is 5.06. The molecule has 0 saturated carbocycles. The van der Waals surface area contributed by atoms with Crippen LogP contribution in [0.15, 0.2) is 49.1 Å². The maximum atomic E-state index is 13.0. The number of nitrogens with zero attached hydrogens (tertiary/aromatic N) is 6. The Morgan fingerprint density at radius 3 is 2.44 bits per heavy atom. The highest BCUT2D eigenvalue weighted by atomic mass is 35.5. The zero-order valence-electron chi connectivity index (χ0n) is 14.9. The van der Waals surface area contributed by atoms with E-state index in [9.17, 15) is 4.79 Å². The third-order valence-corrected chi connectivity index (χ3v) is 5.00. The minimum Gasteiger partial charge on any atom is -0.352 e. The molecule has 1 aliphatic rings. The van der Waals surface area contributed by atoms with Crippen molar-refractivity contribution in [2.24, 2.45) is 0 Å². The second kappa shape index (κ2) is 7.36. The number of benzene rings is 1. The number of rotatable bonds is 3. The van der Waals surface area contributed by atoms with Crippen molar-refractivity contribution in [2.45, 2.75) is 6.92 Å². The first-order valence-corrected chi connectivity index (χ1v) is 9.12. The number of halogens is 1. The number of hydrogen-bond donors (Lipinski definition) is 0. The van der Waals surface area contributed by atoms with Gasteiger partial charge in [0, 0.05) is 43.6 Å². The smallest absolute Gasteiger partial charge is 0.257 e. The Balaban J connectivity index is 1.47. The minimum absolute atomic E-state index is 0.00603. The van der Waals surface area contributed by atoms with Crippen molar-refractivity contribution in [3.63, 3.8) is 0 Å². The summed E-state index contributed by atoms with van der Waals surface area (Å²) in [5.41, 5.74) is 2.32. The predicted octanol–water partition coefficient (Wildman–Crippen LogP) is 2.59. The fourth-order valence-electron chi connectivity index (χ4n) is 3.23. The Bertz CT molecular complexity index is 933. The summed E-state index contributed by atoms with van der Waals surface area (Å²) in [6.07, 6.45) is 6.73. The molecular formula is C19H19ClN6O. The van der Waals surface area contributed by atoms with Gasteiger partial charge in [0.2, 0.25) is 0 Å². The molecule has 0 atom stereocenters. The quantitative estimate of drug-likeness (QED) is 0.696. The molecule has 1 saturated heterocycles. The maximum absolute atomic E-state index is 13.0. The van der Waals surface area contributed by atoms with Crippen molar-refractivity contribution in [1.82, 2.24) is 24.6 Å². The van der Waals surface area contributed by atoms with Gasteiger partial charge in [-0.1, -0.05) is 11.6 Å². The molecule has 0 spiro atoms. The van der Waals surface area contributed by atoms with Crippen LogP contribution in [0, 0.1) is 6.92 Å². The third kappa shape index (κ3) is 3.50. The van der Waals surface area contributed by atoms with Crippen LogP contribution in [0.3, 0.4) is 0 Å². The highest BCUT2D eigenvalue weighted by molar-refractivity contribution is 6.30. The van der Waals surface area contributed by atoms with Gasteiger partial charge in [0.25, 0.3) is 5.91 Å². The molecule has 0 unspecified atom stereocenters. The molecule has 1 fully saturated rings. The average Bonchev–Trinajstić information content (AvgIpc) is 3.10. The Morgan fingerprint density at radius 2 is 1.78 bits per heavy atom. The summed E-state index contributed by atoms with van der Waals surface area (Å²) >= 11 is 5.95. The maximum Gasteiger partial charge on any atom is 0.257 e. The van der Waals surface area contributed by atoms with Crippen molar-refractivity contribution in [1.29, 1.82) is 0 Å². The van der Waals surface area contributed by atoms with Gasteiger partial charge in [0.15, 0.2) is 0 Å². The lowest BCUT2D eigenvalue weighted by Gasteiger charge is -2.35. The number of aromatic nitrogens is 4. The van der Waals surface area contributed by atoms with E-state index in [1.807, 2.05) is 36.1 Å². The molecule has 3 heterocycles. The van der Waals surface area contributed by atoms with E-state index in [1.165, 1.54) is 0 Å². The summed E-state index contributed by atoms with van der Waals surface area (Å²) in [6, 6.07) is 7.39. The van der Waals surface area contributed by atoms with E-state index >= 15 is 0 Å². The van der Waals surface area contributed by atoms with Crippen LogP contribution in [0.5, 0.6) is 0 Å². The van der Waals surface area contributed by atoms with Gasteiger partial charge < -0.3 is 9.80 Å². The number of hydrogen-bond acceptors (Lipinski definition) is 5. The molecular weight excluding hydrogens is 364 g/mol. The van der Waals surface area contributed by atoms with Gasteiger partial charge in [-0.3, -0.25) is 9.78 Å². The first kappa shape index (κ1) is 17.5. The normalized spacial score (nSPS) is 14.4. The summed E-state index contributed by atoms with van der Waals surface area (Å²) in [5.74, 6) is 0.850. The molecule has 138 valence electrons. The highest BCUT2D eigenvalue weighted by Gasteiger charge is 2.25. The highest BCUT2D eigenvalue weighted by Crippen LogP contribution is 2.19. The Labute approximate surface area is 162 Å². The van der Waals surface area contributed by atoms with Crippen LogP contribution in [-0.2, 0) is 0 Å². The van der Waals surface area contributed by atoms with Crippen LogP contribution in [0.2, 0.25) is 5.02 Å². The molecule has 0 aliphatic carbocycles. The lowest BCUT2D eigenvalue weighted by Crippen LogP contribution is -2.49. The summed E-state index contributed by atoms with van der Waals surface area (Å²) in [7, 11) is 0. The molecule has 4 rings (SSSR count). The second-order valence-electron chi connectivity index (χ2n) is 6.37. The molecule has 1 aliphatic heterocycles. The van der Waals surface area contributed by atoms with E-state index in [1.54, 1.807) is 29.5 Å². The number of piperazine rings is 1. The molecule has 1 aromatic carbocycles. The van der Waals surface area contributed by atoms with Gasteiger partial charge in [-0.15, -0.1) is 0 Å². The summed E-state index contributed by atoms with van der Waals surface area (Å²) in [6.45, 7) is 4.65. The third-order valence-electron chi connectivity index (χ3n) is 4.75. The summed E-state index contributed by atoms with van der Waals surface area (Å²) < 4.78 is 1.76. The first-order chi connectivity index (χ1) is 13.1. The number of carbonyl (C=O) groups excluding carboxylic acids is 1. The van der Waals surface area contributed by atoms with E-state index in [-0.39, 0.29) is 5.91 Å². The SMILES string of the molecule is Cc1c(C(=O)N2CCN(c3cnccn3)CC2)cnn1-c1ccc(Cl)cc1. The van der Waals surface area contributed by atoms with Crippen molar-refractivity contribution in [3.05, 3.63) is 65.3 Å². The van der Waals surface area contributed by atoms with E-state index in [4.69, 9.17) is 11.6 Å². The lowest BCUT2D eigenvalue weighted by atomic mass is 10.2. The molecule has 1 amide bonds. The number of amides is 1. The summed E-state index contributed by atoms with van der Waals surface area (Å²) in [4.78, 5) is 25.4. The van der Waals surface area contributed by atoms with Crippen LogP contribution in [-0.4, -0.2) is 56.7 Å². The molecule has 7 nitrogen and oxygen atoms in total. The van der Waals surface area contributed by atoms with E-state index in [2.05, 4.69) is 20.0 Å². The van der Waals surface area contributed by atoms with Crippen LogP contribution in [0.1, 0.15) is 16.1 Å². The monoisotopic (exact) mass is 382 g/mol. The average molecular weight is 383 g/mol. The van der Waals surface area contributed by atoms with Gasteiger partial charge in [-0.05, 0) is 31.2 Å². The second-order valence-corrected chi connectivity index (χ2v) is 6.81. The number of anilines is 1. The molecule has 0 bridgehead atoms. The van der Waals surface area contributed by atoms with Crippen molar-refractivity contribution in [3.8, 4) is 5.69 Å². The zero-order chi connectivity index (χ0) is 18.8. The fraction of sp³-hybridized carbons (Fsp3) is 0.263. The molecule has 3 aromatic rings. The van der Waals surface area contributed by atoms with E-state index < -0.39 is 0 Å². The van der Waals surface area contributed by atoms with Crippen LogP contribution in [0.4, 0.5) is 5.82 Å². The molecule has 0 N–H and O–H groups in total. The standard InChI is InChI=1S/C19H19ClN6O/c1-14-17(12-23-26(14)16-4-2-15(20)3-5-16)19(27)25-10-8-24(9-11-25)18-13-21-6-7-22-18/h2-7,12-13H,8-11H2,1H3. The van der Waals surface area contributed by atoms with Crippen molar-refractivity contribution >= 4 is 23.3 Å². The van der Waals surface area contributed by atoms with E-state index in [0.717, 1.165) is 30.3 Å². The lowest BCUT2D eigenvalue weighted by molar-refractivity contribution is 0.0745. The van der Waals surface area contributed by atoms with Gasteiger partial charge >= 0.3 is 0 Å². The fourth-order valence-corrected chi connectivity index (χ4v) is 3.35. The Morgan fingerprint density at radius 1 is 1.04 bits per heavy atom. The molecule has 27 heavy (non-hydrogen) atoms.